The van der Waals surface area contributed by atoms with Gasteiger partial charge in [0.1, 0.15) is 18.8 Å². The Kier molecular flexibility index (Phi) is 5.93. The van der Waals surface area contributed by atoms with Crippen molar-refractivity contribution >= 4 is 16.4 Å². The van der Waals surface area contributed by atoms with Crippen molar-refractivity contribution in [3.63, 3.8) is 0 Å². The van der Waals surface area contributed by atoms with Gasteiger partial charge in [0.2, 0.25) is 0 Å². The zero-order valence-electron chi connectivity index (χ0n) is 9.61. The molecule has 0 saturated carbocycles. The Labute approximate surface area is 105 Å². The van der Waals surface area contributed by atoms with Gasteiger partial charge in [0.25, 0.3) is 10.1 Å². The number of hydrogen-bond acceptors (Lipinski definition) is 5. The maximum absolute atomic E-state index is 10.5. The van der Waals surface area contributed by atoms with Crippen LogP contribution in [0.4, 0.5) is 0 Å². The molecule has 7 heteroatoms. The topological polar surface area (TPSA) is 89.9 Å². The predicted octanol–water partition coefficient (Wildman–Crippen LogP) is 0.878. The van der Waals surface area contributed by atoms with E-state index in [-0.39, 0.29) is 5.56 Å². The number of ether oxygens (including phenoxy) is 2. The summed E-state index contributed by atoms with van der Waals surface area (Å²) >= 11 is 0. The fourth-order valence-corrected chi connectivity index (χ4v) is 1.93. The fourth-order valence-electron chi connectivity index (χ4n) is 1.27. The minimum atomic E-state index is -4.07. The molecule has 1 aliphatic heterocycles. The van der Waals surface area contributed by atoms with Gasteiger partial charge >= 0.3 is 0 Å². The molecule has 1 N–H and O–H groups in total. The van der Waals surface area contributed by atoms with Crippen LogP contribution in [0.2, 0.25) is 0 Å². The molecule has 1 saturated heterocycles. The number of benzene rings is 1. The van der Waals surface area contributed by atoms with Crippen LogP contribution in [0.3, 0.4) is 0 Å². The highest BCUT2D eigenvalue weighted by molar-refractivity contribution is 7.85. The molecule has 0 aromatic heterocycles. The molecule has 0 unspecified atom stereocenters. The van der Waals surface area contributed by atoms with Crippen molar-refractivity contribution in [1.29, 1.82) is 0 Å². The molecule has 0 aliphatic carbocycles. The van der Waals surface area contributed by atoms with Crippen LogP contribution >= 0.6 is 0 Å². The van der Waals surface area contributed by atoms with Crippen molar-refractivity contribution in [2.24, 2.45) is 0 Å². The maximum Gasteiger partial charge on any atom is 0.269 e. The van der Waals surface area contributed by atoms with Crippen molar-refractivity contribution in [3.8, 4) is 0 Å². The van der Waals surface area contributed by atoms with Crippen molar-refractivity contribution < 1.29 is 27.2 Å². The number of carbonyl (C=O) groups excluding carboxylic acids is 1. The largest absolute Gasteiger partial charge is 0.353 e. The zero-order valence-corrected chi connectivity index (χ0v) is 10.4. The molecule has 0 atom stereocenters. The second kappa shape index (κ2) is 7.22. The first-order valence-corrected chi connectivity index (χ1v) is 6.77. The highest BCUT2D eigenvalue weighted by atomic mass is 32.2. The summed E-state index contributed by atoms with van der Waals surface area (Å²) in [5, 5.41) is 0. The number of rotatable bonds is 3. The van der Waals surface area contributed by atoms with Crippen LogP contribution in [0.5, 0.6) is 0 Å². The van der Waals surface area contributed by atoms with Gasteiger partial charge in [0.15, 0.2) is 0 Å². The Morgan fingerprint density at radius 3 is 2.28 bits per heavy atom. The smallest absolute Gasteiger partial charge is 0.269 e. The Hall–Kier alpha value is -1.28. The van der Waals surface area contributed by atoms with Gasteiger partial charge in [-0.2, -0.15) is 8.42 Å². The van der Waals surface area contributed by atoms with E-state index in [1.54, 1.807) is 12.1 Å². The van der Waals surface area contributed by atoms with E-state index >= 15 is 0 Å². The lowest BCUT2D eigenvalue weighted by Crippen LogP contribution is -2.03. The standard InChI is InChI=1S/C8H8O4S.C3H6O2/c9-5-7-3-1-2-4-8(7)6-13(10,11)12;1-2-5-3-4-1/h1-5H,6H2,(H,10,11,12);1-3H2. The third kappa shape index (κ3) is 5.87. The first kappa shape index (κ1) is 14.8. The first-order valence-electron chi connectivity index (χ1n) is 5.16. The molecule has 1 aromatic carbocycles. The van der Waals surface area contributed by atoms with Gasteiger partial charge in [-0.3, -0.25) is 9.35 Å². The molecule has 6 nitrogen and oxygen atoms in total. The van der Waals surface area contributed by atoms with Gasteiger partial charge in [-0.1, -0.05) is 24.3 Å². The van der Waals surface area contributed by atoms with Gasteiger partial charge in [0.05, 0.1) is 13.2 Å². The van der Waals surface area contributed by atoms with Crippen LogP contribution in [0.25, 0.3) is 0 Å². The Morgan fingerprint density at radius 2 is 1.83 bits per heavy atom. The minimum absolute atomic E-state index is 0.278. The second-order valence-electron chi connectivity index (χ2n) is 3.48. The Morgan fingerprint density at radius 1 is 1.22 bits per heavy atom. The van der Waals surface area contributed by atoms with Gasteiger partial charge in [-0.15, -0.1) is 0 Å². The van der Waals surface area contributed by atoms with E-state index in [1.807, 2.05) is 0 Å². The fraction of sp³-hybridized carbons (Fsp3) is 0.364. The van der Waals surface area contributed by atoms with E-state index in [4.69, 9.17) is 14.0 Å². The normalized spacial score (nSPS) is 14.7. The summed E-state index contributed by atoms with van der Waals surface area (Å²) in [5.41, 5.74) is 0.583. The summed E-state index contributed by atoms with van der Waals surface area (Å²) in [4.78, 5) is 10.4. The third-order valence-electron chi connectivity index (χ3n) is 2.06. The van der Waals surface area contributed by atoms with Gasteiger partial charge in [0, 0.05) is 5.56 Å². The van der Waals surface area contributed by atoms with E-state index in [2.05, 4.69) is 0 Å². The highest BCUT2D eigenvalue weighted by Gasteiger charge is 2.09. The lowest BCUT2D eigenvalue weighted by atomic mass is 10.1. The lowest BCUT2D eigenvalue weighted by Gasteiger charge is -2.00. The first-order chi connectivity index (χ1) is 8.53. The maximum atomic E-state index is 10.5. The molecule has 0 bridgehead atoms. The molecular formula is C11H14O6S. The number of carbonyl (C=O) groups is 1. The molecule has 1 aliphatic rings. The third-order valence-corrected chi connectivity index (χ3v) is 2.73. The summed E-state index contributed by atoms with van der Waals surface area (Å²) < 4.78 is 39.0. The average Bonchev–Trinajstić information content (AvgIpc) is 2.86. The van der Waals surface area contributed by atoms with Crippen LogP contribution in [-0.4, -0.2) is 39.3 Å². The zero-order chi connectivity index (χ0) is 13.4. The summed E-state index contributed by atoms with van der Waals surface area (Å²) in [6, 6.07) is 6.20. The molecule has 2 rings (SSSR count). The molecule has 0 amide bonds. The van der Waals surface area contributed by atoms with E-state index < -0.39 is 15.9 Å². The Bertz CT molecular complexity index is 470. The van der Waals surface area contributed by atoms with Gasteiger partial charge < -0.3 is 9.47 Å². The molecule has 1 fully saturated rings. The van der Waals surface area contributed by atoms with Crippen LogP contribution in [-0.2, 0) is 25.3 Å². The molecule has 0 spiro atoms. The lowest BCUT2D eigenvalue weighted by molar-refractivity contribution is 0.0692. The van der Waals surface area contributed by atoms with Crippen molar-refractivity contribution in [2.75, 3.05) is 20.0 Å². The monoisotopic (exact) mass is 274 g/mol. The number of aldehydes is 1. The van der Waals surface area contributed by atoms with Gasteiger partial charge in [-0.25, -0.2) is 0 Å². The van der Waals surface area contributed by atoms with E-state index in [1.165, 1.54) is 12.1 Å². The van der Waals surface area contributed by atoms with Crippen LogP contribution < -0.4 is 0 Å². The van der Waals surface area contributed by atoms with E-state index in [0.29, 0.717) is 18.6 Å². The summed E-state index contributed by atoms with van der Waals surface area (Å²) in [6.45, 7) is 2.06. The SMILES string of the molecule is C1COCO1.O=Cc1ccccc1CS(=O)(=O)O. The quantitative estimate of drug-likeness (QED) is 0.650. The number of hydrogen-bond donors (Lipinski definition) is 1. The summed E-state index contributed by atoms with van der Waals surface area (Å²) in [5.74, 6) is -0.526. The molecule has 1 heterocycles. The van der Waals surface area contributed by atoms with Crippen LogP contribution in [0.15, 0.2) is 24.3 Å². The molecule has 0 radical (unpaired) electrons. The predicted molar refractivity (Wildman–Crippen MR) is 63.9 cm³/mol. The van der Waals surface area contributed by atoms with Crippen LogP contribution in [0.1, 0.15) is 15.9 Å². The highest BCUT2D eigenvalue weighted by Crippen LogP contribution is 2.09. The minimum Gasteiger partial charge on any atom is -0.353 e. The summed E-state index contributed by atoms with van der Waals surface area (Å²) in [6.07, 6.45) is 0.556. The van der Waals surface area contributed by atoms with E-state index in [9.17, 15) is 13.2 Å². The average molecular weight is 274 g/mol. The molecular weight excluding hydrogens is 260 g/mol. The van der Waals surface area contributed by atoms with E-state index in [0.717, 1.165) is 13.2 Å². The molecule has 100 valence electrons. The summed E-state index contributed by atoms with van der Waals surface area (Å²) in [7, 11) is -4.07. The Balaban J connectivity index is 0.000000269. The van der Waals surface area contributed by atoms with Crippen molar-refractivity contribution in [1.82, 2.24) is 0 Å². The molecule has 1 aromatic rings. The van der Waals surface area contributed by atoms with Crippen molar-refractivity contribution in [2.45, 2.75) is 5.75 Å². The second-order valence-corrected chi connectivity index (χ2v) is 4.93. The van der Waals surface area contributed by atoms with Crippen molar-refractivity contribution in [3.05, 3.63) is 35.4 Å². The molecule has 18 heavy (non-hydrogen) atoms. The van der Waals surface area contributed by atoms with Crippen LogP contribution in [0, 0.1) is 0 Å². The van der Waals surface area contributed by atoms with Gasteiger partial charge in [-0.05, 0) is 5.56 Å².